The molecule has 1 amide bonds. The third-order valence-electron chi connectivity index (χ3n) is 2.51. The maximum absolute atomic E-state index is 11.4. The molecule has 88 valence electrons. The molecule has 3 N–H and O–H groups in total. The number of benzene rings is 1. The third-order valence-corrected chi connectivity index (χ3v) is 3.22. The lowest BCUT2D eigenvalue weighted by molar-refractivity contribution is -0.120. The van der Waals surface area contributed by atoms with Crippen LogP contribution < -0.4 is 11.1 Å². The van der Waals surface area contributed by atoms with Crippen LogP contribution in [0.4, 0.5) is 0 Å². The lowest BCUT2D eigenvalue weighted by atomic mass is 10.1. The number of thiophene rings is 1. The van der Waals surface area contributed by atoms with Crippen LogP contribution in [0.5, 0.6) is 0 Å². The van der Waals surface area contributed by atoms with Crippen molar-refractivity contribution in [3.05, 3.63) is 58.3 Å². The molecule has 2 aromatic rings. The Kier molecular flexibility index (Phi) is 3.90. The molecule has 0 spiro atoms. The average Bonchev–Trinajstić information content (AvgIpc) is 2.84. The fourth-order valence-electron chi connectivity index (χ4n) is 1.64. The largest absolute Gasteiger partial charge is 0.368 e. The van der Waals surface area contributed by atoms with Gasteiger partial charge in [-0.3, -0.25) is 10.1 Å². The molecule has 0 radical (unpaired) electrons. The SMILES string of the molecule is NC(=O)C(NCc1ccccc1)c1ccsc1. The van der Waals surface area contributed by atoms with Gasteiger partial charge in [-0.05, 0) is 28.0 Å². The van der Waals surface area contributed by atoms with Gasteiger partial charge in [-0.25, -0.2) is 0 Å². The van der Waals surface area contributed by atoms with E-state index in [-0.39, 0.29) is 5.91 Å². The van der Waals surface area contributed by atoms with Gasteiger partial charge >= 0.3 is 0 Å². The van der Waals surface area contributed by atoms with E-state index < -0.39 is 6.04 Å². The van der Waals surface area contributed by atoms with Gasteiger partial charge < -0.3 is 5.73 Å². The first-order valence-corrected chi connectivity index (χ1v) is 6.30. The Morgan fingerprint density at radius 2 is 2.06 bits per heavy atom. The first kappa shape index (κ1) is 11.8. The van der Waals surface area contributed by atoms with Crippen LogP contribution in [-0.4, -0.2) is 5.91 Å². The minimum absolute atomic E-state index is 0.348. The van der Waals surface area contributed by atoms with E-state index in [0.717, 1.165) is 11.1 Å². The van der Waals surface area contributed by atoms with Crippen molar-refractivity contribution in [2.75, 3.05) is 0 Å². The molecule has 17 heavy (non-hydrogen) atoms. The number of rotatable bonds is 5. The molecular weight excluding hydrogens is 232 g/mol. The van der Waals surface area contributed by atoms with Crippen LogP contribution in [0.1, 0.15) is 17.2 Å². The normalized spacial score (nSPS) is 12.2. The third kappa shape index (κ3) is 3.15. The maximum atomic E-state index is 11.4. The lowest BCUT2D eigenvalue weighted by Crippen LogP contribution is -2.32. The zero-order valence-electron chi connectivity index (χ0n) is 9.30. The van der Waals surface area contributed by atoms with Crippen LogP contribution >= 0.6 is 11.3 Å². The molecule has 0 aliphatic rings. The lowest BCUT2D eigenvalue weighted by Gasteiger charge is -2.14. The Morgan fingerprint density at radius 1 is 1.29 bits per heavy atom. The average molecular weight is 246 g/mol. The van der Waals surface area contributed by atoms with E-state index in [0.29, 0.717) is 6.54 Å². The highest BCUT2D eigenvalue weighted by Crippen LogP contribution is 2.16. The van der Waals surface area contributed by atoms with Crippen LogP contribution in [0.2, 0.25) is 0 Å². The van der Waals surface area contributed by atoms with Gasteiger partial charge in [-0.1, -0.05) is 30.3 Å². The molecule has 0 saturated carbocycles. The van der Waals surface area contributed by atoms with E-state index in [9.17, 15) is 4.79 Å². The number of amides is 1. The minimum atomic E-state index is -0.415. The summed E-state index contributed by atoms with van der Waals surface area (Å²) in [6.45, 7) is 0.629. The van der Waals surface area contributed by atoms with E-state index in [1.165, 1.54) is 0 Å². The summed E-state index contributed by atoms with van der Waals surface area (Å²) < 4.78 is 0. The standard InChI is InChI=1S/C13H14N2OS/c14-13(16)12(11-6-7-17-9-11)15-8-10-4-2-1-3-5-10/h1-7,9,12,15H,8H2,(H2,14,16). The molecular formula is C13H14N2OS. The maximum Gasteiger partial charge on any atom is 0.239 e. The summed E-state index contributed by atoms with van der Waals surface area (Å²) in [5.41, 5.74) is 7.46. The van der Waals surface area contributed by atoms with Crippen LogP contribution in [-0.2, 0) is 11.3 Å². The van der Waals surface area contributed by atoms with Gasteiger partial charge in [0.05, 0.1) is 0 Å². The Morgan fingerprint density at radius 3 is 2.65 bits per heavy atom. The second kappa shape index (κ2) is 5.61. The number of hydrogen-bond acceptors (Lipinski definition) is 3. The predicted molar refractivity (Wildman–Crippen MR) is 69.5 cm³/mol. The van der Waals surface area contributed by atoms with Crippen LogP contribution in [0.25, 0.3) is 0 Å². The summed E-state index contributed by atoms with van der Waals surface area (Å²) >= 11 is 1.56. The fraction of sp³-hybridized carbons (Fsp3) is 0.154. The quantitative estimate of drug-likeness (QED) is 0.848. The summed E-state index contributed by atoms with van der Waals surface area (Å²) in [5, 5.41) is 7.05. The topological polar surface area (TPSA) is 55.1 Å². The van der Waals surface area contributed by atoms with Crippen molar-refractivity contribution in [2.45, 2.75) is 12.6 Å². The fourth-order valence-corrected chi connectivity index (χ4v) is 2.32. The highest BCUT2D eigenvalue weighted by molar-refractivity contribution is 7.08. The molecule has 0 bridgehead atoms. The molecule has 1 unspecified atom stereocenters. The van der Waals surface area contributed by atoms with Crippen molar-refractivity contribution in [1.29, 1.82) is 0 Å². The number of nitrogens with one attached hydrogen (secondary N) is 1. The summed E-state index contributed by atoms with van der Waals surface area (Å²) in [5.74, 6) is -0.348. The number of carbonyl (C=O) groups excluding carboxylic acids is 1. The monoisotopic (exact) mass is 246 g/mol. The van der Waals surface area contributed by atoms with Crippen molar-refractivity contribution >= 4 is 17.2 Å². The Bertz CT molecular complexity index is 467. The van der Waals surface area contributed by atoms with E-state index in [2.05, 4.69) is 5.32 Å². The number of hydrogen-bond donors (Lipinski definition) is 2. The smallest absolute Gasteiger partial charge is 0.239 e. The second-order valence-corrected chi connectivity index (χ2v) is 4.54. The zero-order chi connectivity index (χ0) is 12.1. The Labute approximate surface area is 104 Å². The molecule has 0 aliphatic carbocycles. The van der Waals surface area contributed by atoms with Crippen molar-refractivity contribution in [1.82, 2.24) is 5.32 Å². The van der Waals surface area contributed by atoms with E-state index in [4.69, 9.17) is 5.73 Å². The van der Waals surface area contributed by atoms with Crippen LogP contribution in [0.3, 0.4) is 0 Å². The summed E-state index contributed by atoms with van der Waals surface area (Å²) in [6, 6.07) is 11.4. The summed E-state index contributed by atoms with van der Waals surface area (Å²) in [4.78, 5) is 11.4. The molecule has 1 atom stereocenters. The molecule has 0 aliphatic heterocycles. The van der Waals surface area contributed by atoms with Gasteiger partial charge in [0.15, 0.2) is 0 Å². The predicted octanol–water partition coefficient (Wildman–Crippen LogP) is 2.06. The Hall–Kier alpha value is -1.65. The highest BCUT2D eigenvalue weighted by atomic mass is 32.1. The van der Waals surface area contributed by atoms with Crippen LogP contribution in [0.15, 0.2) is 47.2 Å². The minimum Gasteiger partial charge on any atom is -0.368 e. The molecule has 2 rings (SSSR count). The van der Waals surface area contributed by atoms with Crippen LogP contribution in [0, 0.1) is 0 Å². The summed E-state index contributed by atoms with van der Waals surface area (Å²) in [7, 11) is 0. The molecule has 1 aromatic heterocycles. The molecule has 0 saturated heterocycles. The number of carbonyl (C=O) groups is 1. The van der Waals surface area contributed by atoms with Gasteiger partial charge in [0.25, 0.3) is 0 Å². The molecule has 4 heteroatoms. The Balaban J connectivity index is 2.03. The molecule has 3 nitrogen and oxygen atoms in total. The van der Waals surface area contributed by atoms with Crippen molar-refractivity contribution < 1.29 is 4.79 Å². The number of primary amides is 1. The first-order chi connectivity index (χ1) is 8.27. The van der Waals surface area contributed by atoms with Gasteiger partial charge in [-0.15, -0.1) is 0 Å². The second-order valence-electron chi connectivity index (χ2n) is 3.76. The first-order valence-electron chi connectivity index (χ1n) is 5.36. The molecule has 0 fully saturated rings. The summed E-state index contributed by atoms with van der Waals surface area (Å²) in [6.07, 6.45) is 0. The van der Waals surface area contributed by atoms with Gasteiger partial charge in [-0.2, -0.15) is 11.3 Å². The molecule has 1 heterocycles. The van der Waals surface area contributed by atoms with Crippen molar-refractivity contribution in [3.63, 3.8) is 0 Å². The molecule has 1 aromatic carbocycles. The van der Waals surface area contributed by atoms with E-state index in [1.54, 1.807) is 11.3 Å². The highest BCUT2D eigenvalue weighted by Gasteiger charge is 2.17. The van der Waals surface area contributed by atoms with E-state index >= 15 is 0 Å². The van der Waals surface area contributed by atoms with Crippen molar-refractivity contribution in [2.24, 2.45) is 5.73 Å². The van der Waals surface area contributed by atoms with Gasteiger partial charge in [0.2, 0.25) is 5.91 Å². The van der Waals surface area contributed by atoms with E-state index in [1.807, 2.05) is 47.2 Å². The number of nitrogens with two attached hydrogens (primary N) is 1. The van der Waals surface area contributed by atoms with Crippen molar-refractivity contribution in [3.8, 4) is 0 Å². The van der Waals surface area contributed by atoms with Gasteiger partial charge in [0.1, 0.15) is 6.04 Å². The zero-order valence-corrected chi connectivity index (χ0v) is 10.1. The van der Waals surface area contributed by atoms with Gasteiger partial charge in [0, 0.05) is 6.54 Å².